The van der Waals surface area contributed by atoms with Crippen LogP contribution < -0.4 is 10.6 Å². The molecule has 0 amide bonds. The van der Waals surface area contributed by atoms with Crippen molar-refractivity contribution in [2.75, 3.05) is 25.0 Å². The van der Waals surface area contributed by atoms with Gasteiger partial charge in [-0.25, -0.2) is 4.98 Å². The van der Waals surface area contributed by atoms with E-state index in [0.29, 0.717) is 12.0 Å². The lowest BCUT2D eigenvalue weighted by Crippen LogP contribution is -2.18. The Bertz CT molecular complexity index is 825. The first-order valence-electron chi connectivity index (χ1n) is 9.50. The van der Waals surface area contributed by atoms with Crippen molar-refractivity contribution < 1.29 is 0 Å². The second-order valence-corrected chi connectivity index (χ2v) is 8.86. The van der Waals surface area contributed by atoms with Gasteiger partial charge in [0.15, 0.2) is 0 Å². The standard InChI is InChI=1S/C20H27N5/c1-11(2)25-17(18-13-8-21-9-14(13)18)6-16(24-25)12-5-15-19(22-7-12)23-10-20(15,3)4/h5-7,11,13-14,18,21H,8-10H2,1-4H3,(H,22,23)/t13-,14+,18+. The zero-order valence-corrected chi connectivity index (χ0v) is 15.5. The molecular weight excluding hydrogens is 310 g/mol. The van der Waals surface area contributed by atoms with Gasteiger partial charge in [-0.3, -0.25) is 4.68 Å². The number of nitrogens with zero attached hydrogens (tertiary/aromatic N) is 3. The van der Waals surface area contributed by atoms with Crippen LogP contribution in [0.2, 0.25) is 0 Å². The van der Waals surface area contributed by atoms with Crippen molar-refractivity contribution in [1.82, 2.24) is 20.1 Å². The summed E-state index contributed by atoms with van der Waals surface area (Å²) in [6.07, 6.45) is 1.97. The van der Waals surface area contributed by atoms with Crippen molar-refractivity contribution in [3.05, 3.63) is 29.6 Å². The van der Waals surface area contributed by atoms with E-state index in [0.717, 1.165) is 48.5 Å². The van der Waals surface area contributed by atoms with Gasteiger partial charge in [0.2, 0.25) is 0 Å². The Morgan fingerprint density at radius 1 is 1.20 bits per heavy atom. The van der Waals surface area contributed by atoms with Gasteiger partial charge < -0.3 is 10.6 Å². The van der Waals surface area contributed by atoms with Crippen LogP contribution in [0.1, 0.15) is 50.9 Å². The highest BCUT2D eigenvalue weighted by atomic mass is 15.3. The van der Waals surface area contributed by atoms with Crippen LogP contribution in [0, 0.1) is 11.8 Å². The van der Waals surface area contributed by atoms with Crippen LogP contribution in [0.3, 0.4) is 0 Å². The Kier molecular flexibility index (Phi) is 3.12. The monoisotopic (exact) mass is 337 g/mol. The molecule has 2 fully saturated rings. The fourth-order valence-corrected chi connectivity index (χ4v) is 4.73. The van der Waals surface area contributed by atoms with Crippen LogP contribution in [0.5, 0.6) is 0 Å². The maximum atomic E-state index is 4.98. The number of piperidine rings is 1. The molecule has 2 aromatic rings. The molecule has 5 rings (SSSR count). The molecule has 3 atom stereocenters. The highest BCUT2D eigenvalue weighted by molar-refractivity contribution is 5.66. The van der Waals surface area contributed by atoms with E-state index in [4.69, 9.17) is 5.10 Å². The third-order valence-electron chi connectivity index (χ3n) is 6.30. The van der Waals surface area contributed by atoms with E-state index in [1.165, 1.54) is 11.3 Å². The summed E-state index contributed by atoms with van der Waals surface area (Å²) in [5.41, 5.74) is 5.05. The number of hydrogen-bond acceptors (Lipinski definition) is 4. The Morgan fingerprint density at radius 2 is 1.96 bits per heavy atom. The van der Waals surface area contributed by atoms with Crippen LogP contribution >= 0.6 is 0 Å². The number of fused-ring (bicyclic) bond motifs is 2. The van der Waals surface area contributed by atoms with Gasteiger partial charge in [-0.05, 0) is 50.9 Å². The molecule has 3 aliphatic rings. The first-order valence-corrected chi connectivity index (χ1v) is 9.50. The smallest absolute Gasteiger partial charge is 0.129 e. The molecule has 25 heavy (non-hydrogen) atoms. The minimum Gasteiger partial charge on any atom is -0.369 e. The van der Waals surface area contributed by atoms with E-state index in [1.54, 1.807) is 0 Å². The zero-order chi connectivity index (χ0) is 17.3. The molecule has 2 N–H and O–H groups in total. The number of rotatable bonds is 3. The molecule has 2 aromatic heterocycles. The summed E-state index contributed by atoms with van der Waals surface area (Å²) in [5, 5.41) is 11.9. The lowest BCUT2D eigenvalue weighted by Gasteiger charge is -2.16. The molecule has 0 spiro atoms. The third kappa shape index (κ3) is 2.25. The predicted octanol–water partition coefficient (Wildman–Crippen LogP) is 3.16. The SMILES string of the molecule is CC(C)n1nc(-c2cnc3c(c2)C(C)(C)CN3)cc1[C@H]1[C@@H]2CNC[C@@H]21. The number of anilines is 1. The van der Waals surface area contributed by atoms with E-state index < -0.39 is 0 Å². The molecule has 1 aliphatic carbocycles. The van der Waals surface area contributed by atoms with E-state index in [9.17, 15) is 0 Å². The highest BCUT2D eigenvalue weighted by Gasteiger charge is 2.55. The van der Waals surface area contributed by atoms with Crippen LogP contribution in [0.25, 0.3) is 11.3 Å². The molecule has 2 aliphatic heterocycles. The predicted molar refractivity (Wildman–Crippen MR) is 99.9 cm³/mol. The summed E-state index contributed by atoms with van der Waals surface area (Å²) in [7, 11) is 0. The van der Waals surface area contributed by atoms with Crippen molar-refractivity contribution >= 4 is 5.82 Å². The molecule has 0 aromatic carbocycles. The first-order chi connectivity index (χ1) is 12.0. The summed E-state index contributed by atoms with van der Waals surface area (Å²) in [6, 6.07) is 4.99. The fraction of sp³-hybridized carbons (Fsp3) is 0.600. The number of pyridine rings is 1. The fourth-order valence-electron chi connectivity index (χ4n) is 4.73. The number of nitrogens with one attached hydrogen (secondary N) is 2. The second kappa shape index (κ2) is 5.07. The quantitative estimate of drug-likeness (QED) is 0.903. The van der Waals surface area contributed by atoms with Gasteiger partial charge >= 0.3 is 0 Å². The lowest BCUT2D eigenvalue weighted by molar-refractivity contribution is 0.498. The molecule has 0 radical (unpaired) electrons. The average Bonchev–Trinajstić information content (AvgIpc) is 3.00. The Labute approximate surface area is 149 Å². The van der Waals surface area contributed by atoms with Gasteiger partial charge in [-0.15, -0.1) is 0 Å². The minimum atomic E-state index is 0.126. The van der Waals surface area contributed by atoms with Gasteiger partial charge in [0.05, 0.1) is 5.69 Å². The van der Waals surface area contributed by atoms with Crippen molar-refractivity contribution in [2.45, 2.75) is 45.1 Å². The molecule has 132 valence electrons. The van der Waals surface area contributed by atoms with Crippen LogP contribution in [0.15, 0.2) is 18.3 Å². The Balaban J connectivity index is 1.55. The Hall–Kier alpha value is -1.88. The van der Waals surface area contributed by atoms with E-state index in [2.05, 4.69) is 60.1 Å². The molecule has 0 unspecified atom stereocenters. The molecule has 5 nitrogen and oxygen atoms in total. The van der Waals surface area contributed by atoms with E-state index in [-0.39, 0.29) is 5.41 Å². The van der Waals surface area contributed by atoms with Crippen LogP contribution in [-0.4, -0.2) is 34.4 Å². The lowest BCUT2D eigenvalue weighted by atomic mass is 9.87. The van der Waals surface area contributed by atoms with Gasteiger partial charge in [-0.1, -0.05) is 13.8 Å². The Morgan fingerprint density at radius 3 is 2.68 bits per heavy atom. The molecular formula is C20H27N5. The normalized spacial score (nSPS) is 28.8. The molecule has 1 saturated carbocycles. The van der Waals surface area contributed by atoms with Crippen molar-refractivity contribution in [1.29, 1.82) is 0 Å². The topological polar surface area (TPSA) is 54.8 Å². The third-order valence-corrected chi connectivity index (χ3v) is 6.30. The molecule has 5 heteroatoms. The summed E-state index contributed by atoms with van der Waals surface area (Å²) in [4.78, 5) is 4.66. The van der Waals surface area contributed by atoms with Gasteiger partial charge in [-0.2, -0.15) is 5.10 Å². The van der Waals surface area contributed by atoms with Crippen LogP contribution in [0.4, 0.5) is 5.82 Å². The summed E-state index contributed by atoms with van der Waals surface area (Å²) in [6.45, 7) is 12.3. The summed E-state index contributed by atoms with van der Waals surface area (Å²) in [5.74, 6) is 3.33. The average molecular weight is 337 g/mol. The van der Waals surface area contributed by atoms with Gasteiger partial charge in [0.1, 0.15) is 5.82 Å². The van der Waals surface area contributed by atoms with E-state index >= 15 is 0 Å². The molecule has 4 heterocycles. The number of aromatic nitrogens is 3. The second-order valence-electron chi connectivity index (χ2n) is 8.86. The van der Waals surface area contributed by atoms with Gasteiger partial charge in [0, 0.05) is 46.9 Å². The minimum absolute atomic E-state index is 0.126. The maximum Gasteiger partial charge on any atom is 0.129 e. The highest BCUT2D eigenvalue weighted by Crippen LogP contribution is 2.56. The maximum absolute atomic E-state index is 4.98. The van der Waals surface area contributed by atoms with Crippen molar-refractivity contribution in [2.24, 2.45) is 11.8 Å². The van der Waals surface area contributed by atoms with Gasteiger partial charge in [0.25, 0.3) is 0 Å². The summed E-state index contributed by atoms with van der Waals surface area (Å²) < 4.78 is 2.24. The summed E-state index contributed by atoms with van der Waals surface area (Å²) >= 11 is 0. The van der Waals surface area contributed by atoms with E-state index in [1.807, 2.05) is 6.20 Å². The van der Waals surface area contributed by atoms with Crippen LogP contribution in [-0.2, 0) is 5.41 Å². The zero-order valence-electron chi connectivity index (χ0n) is 15.5. The first kappa shape index (κ1) is 15.4. The molecule has 1 saturated heterocycles. The molecule has 0 bridgehead atoms. The number of hydrogen-bond donors (Lipinski definition) is 2. The van der Waals surface area contributed by atoms with Crippen molar-refractivity contribution in [3.8, 4) is 11.3 Å². The van der Waals surface area contributed by atoms with Crippen molar-refractivity contribution in [3.63, 3.8) is 0 Å². The largest absolute Gasteiger partial charge is 0.369 e.